The largest absolute Gasteiger partial charge is 0.494 e. The second kappa shape index (κ2) is 4.04. The van der Waals surface area contributed by atoms with E-state index < -0.39 is 5.82 Å². The summed E-state index contributed by atoms with van der Waals surface area (Å²) in [6.07, 6.45) is 0. The summed E-state index contributed by atoms with van der Waals surface area (Å²) in [5, 5.41) is 4.15. The van der Waals surface area contributed by atoms with E-state index in [2.05, 4.69) is 5.10 Å². The molecule has 1 aliphatic heterocycles. The van der Waals surface area contributed by atoms with E-state index in [1.54, 1.807) is 13.1 Å². The number of benzene rings is 1. The lowest BCUT2D eigenvalue weighted by Gasteiger charge is -2.09. The average Bonchev–Trinajstić information content (AvgIpc) is 2.96. The van der Waals surface area contributed by atoms with Crippen molar-refractivity contribution in [3.05, 3.63) is 17.9 Å². The minimum atomic E-state index is -0.551. The molecular formula is C12H12FN3O3. The summed E-state index contributed by atoms with van der Waals surface area (Å²) in [6.45, 7) is 0.0389. The lowest BCUT2D eigenvalue weighted by Crippen LogP contribution is -1.98. The molecule has 6 nitrogen and oxygen atoms in total. The molecule has 0 saturated heterocycles. The number of fused-ring (bicyclic) bond motifs is 1. The van der Waals surface area contributed by atoms with Gasteiger partial charge in [-0.1, -0.05) is 0 Å². The second-order valence-electron chi connectivity index (χ2n) is 4.08. The minimum Gasteiger partial charge on any atom is -0.494 e. The zero-order valence-electron chi connectivity index (χ0n) is 10.4. The number of anilines is 1. The molecule has 0 fully saturated rings. The summed E-state index contributed by atoms with van der Waals surface area (Å²) in [5.41, 5.74) is 6.29. The van der Waals surface area contributed by atoms with E-state index in [0.29, 0.717) is 23.0 Å². The molecule has 100 valence electrons. The van der Waals surface area contributed by atoms with Gasteiger partial charge in [-0.25, -0.2) is 4.39 Å². The van der Waals surface area contributed by atoms with Crippen LogP contribution in [0.3, 0.4) is 0 Å². The van der Waals surface area contributed by atoms with Crippen LogP contribution in [0.5, 0.6) is 17.2 Å². The van der Waals surface area contributed by atoms with Gasteiger partial charge in [-0.15, -0.1) is 0 Å². The maximum Gasteiger partial charge on any atom is 0.231 e. The number of hydrogen-bond acceptors (Lipinski definition) is 5. The number of halogens is 1. The molecule has 0 radical (unpaired) electrons. The third kappa shape index (κ3) is 1.66. The predicted octanol–water partition coefficient (Wildman–Crippen LogP) is 1.55. The molecule has 0 aliphatic carbocycles. The van der Waals surface area contributed by atoms with Crippen LogP contribution in [0.1, 0.15) is 0 Å². The van der Waals surface area contributed by atoms with Crippen LogP contribution in [0.4, 0.5) is 10.2 Å². The fourth-order valence-corrected chi connectivity index (χ4v) is 1.98. The first kappa shape index (κ1) is 11.6. The first-order chi connectivity index (χ1) is 9.11. The van der Waals surface area contributed by atoms with Crippen molar-refractivity contribution in [2.24, 2.45) is 7.05 Å². The number of nitrogen functional groups attached to an aromatic ring is 1. The monoisotopic (exact) mass is 265 g/mol. The Kier molecular flexibility index (Phi) is 2.48. The number of nitrogens with two attached hydrogens (primary N) is 1. The predicted molar refractivity (Wildman–Crippen MR) is 65.7 cm³/mol. The van der Waals surface area contributed by atoms with Crippen LogP contribution in [0.2, 0.25) is 0 Å². The minimum absolute atomic E-state index is 0.0389. The zero-order chi connectivity index (χ0) is 13.6. The number of aromatic nitrogens is 2. The summed E-state index contributed by atoms with van der Waals surface area (Å²) in [5.74, 6) is 0.687. The van der Waals surface area contributed by atoms with Gasteiger partial charge in [-0.05, 0) is 0 Å². The van der Waals surface area contributed by atoms with Crippen LogP contribution in [-0.2, 0) is 7.05 Å². The molecule has 3 rings (SSSR count). The third-order valence-electron chi connectivity index (χ3n) is 2.96. The van der Waals surface area contributed by atoms with E-state index in [0.717, 1.165) is 0 Å². The first-order valence-electron chi connectivity index (χ1n) is 5.57. The Morgan fingerprint density at radius 1 is 1.42 bits per heavy atom. The molecule has 19 heavy (non-hydrogen) atoms. The van der Waals surface area contributed by atoms with Crippen molar-refractivity contribution in [2.75, 3.05) is 19.6 Å². The van der Waals surface area contributed by atoms with Crippen molar-refractivity contribution in [1.29, 1.82) is 0 Å². The number of ether oxygens (including phenoxy) is 3. The third-order valence-corrected chi connectivity index (χ3v) is 2.96. The zero-order valence-corrected chi connectivity index (χ0v) is 10.4. The summed E-state index contributed by atoms with van der Waals surface area (Å²) >= 11 is 0. The van der Waals surface area contributed by atoms with Crippen LogP contribution in [-0.4, -0.2) is 23.7 Å². The second-order valence-corrected chi connectivity index (χ2v) is 4.08. The number of aryl methyl sites for hydroxylation is 1. The van der Waals surface area contributed by atoms with Crippen molar-refractivity contribution >= 4 is 5.82 Å². The Hall–Kier alpha value is -2.44. The molecule has 0 saturated carbocycles. The highest BCUT2D eigenvalue weighted by Gasteiger charge is 2.28. The van der Waals surface area contributed by atoms with Crippen molar-refractivity contribution in [2.45, 2.75) is 0 Å². The Morgan fingerprint density at radius 2 is 2.21 bits per heavy atom. The van der Waals surface area contributed by atoms with Crippen LogP contribution in [0.15, 0.2) is 12.1 Å². The van der Waals surface area contributed by atoms with Gasteiger partial charge in [0.15, 0.2) is 23.1 Å². The molecule has 0 spiro atoms. The van der Waals surface area contributed by atoms with Crippen molar-refractivity contribution < 1.29 is 18.6 Å². The number of hydrogen-bond donors (Lipinski definition) is 1. The summed E-state index contributed by atoms with van der Waals surface area (Å²) in [4.78, 5) is 0. The van der Waals surface area contributed by atoms with Crippen molar-refractivity contribution in [3.63, 3.8) is 0 Å². The van der Waals surface area contributed by atoms with Gasteiger partial charge in [-0.2, -0.15) is 5.10 Å². The fraction of sp³-hybridized carbons (Fsp3) is 0.250. The van der Waals surface area contributed by atoms with Crippen LogP contribution >= 0.6 is 0 Å². The van der Waals surface area contributed by atoms with E-state index >= 15 is 0 Å². The van der Waals surface area contributed by atoms with Crippen LogP contribution in [0, 0.1) is 5.82 Å². The van der Waals surface area contributed by atoms with E-state index in [-0.39, 0.29) is 18.1 Å². The molecule has 0 bridgehead atoms. The molecular weight excluding hydrogens is 253 g/mol. The molecule has 1 aromatic carbocycles. The standard InChI is InChI=1S/C12H12FN3O3/c1-16-9(14)3-6(15-16)10-11(13)7(17-2)4-8-12(10)19-5-18-8/h3-4H,5,14H2,1-2H3. The lowest BCUT2D eigenvalue weighted by molar-refractivity contribution is 0.174. The van der Waals surface area contributed by atoms with Gasteiger partial charge in [0.1, 0.15) is 11.5 Å². The molecule has 2 N–H and O–H groups in total. The maximum atomic E-state index is 14.4. The van der Waals surface area contributed by atoms with Gasteiger partial charge in [0.2, 0.25) is 6.79 Å². The molecule has 1 aromatic heterocycles. The average molecular weight is 265 g/mol. The summed E-state index contributed by atoms with van der Waals surface area (Å²) < 4.78 is 31.4. The Labute approximate surface area is 108 Å². The van der Waals surface area contributed by atoms with Gasteiger partial charge in [0, 0.05) is 19.2 Å². The van der Waals surface area contributed by atoms with Gasteiger partial charge >= 0.3 is 0 Å². The normalized spacial score (nSPS) is 12.8. The molecule has 7 heteroatoms. The van der Waals surface area contributed by atoms with Crippen molar-refractivity contribution in [1.82, 2.24) is 9.78 Å². The summed E-state index contributed by atoms with van der Waals surface area (Å²) in [7, 11) is 3.06. The van der Waals surface area contributed by atoms with Gasteiger partial charge in [0.25, 0.3) is 0 Å². The Bertz CT molecular complexity index is 634. The molecule has 1 aliphatic rings. The van der Waals surface area contributed by atoms with Gasteiger partial charge < -0.3 is 19.9 Å². The first-order valence-corrected chi connectivity index (χ1v) is 5.57. The molecule has 2 heterocycles. The number of methoxy groups -OCH3 is 1. The van der Waals surface area contributed by atoms with Crippen molar-refractivity contribution in [3.8, 4) is 28.5 Å². The van der Waals surface area contributed by atoms with Gasteiger partial charge in [0.05, 0.1) is 12.7 Å². The molecule has 0 amide bonds. The fourth-order valence-electron chi connectivity index (χ4n) is 1.98. The Morgan fingerprint density at radius 3 is 2.84 bits per heavy atom. The van der Waals surface area contributed by atoms with E-state index in [1.165, 1.54) is 17.9 Å². The summed E-state index contributed by atoms with van der Waals surface area (Å²) in [6, 6.07) is 3.02. The van der Waals surface area contributed by atoms with E-state index in [4.69, 9.17) is 19.9 Å². The van der Waals surface area contributed by atoms with E-state index in [9.17, 15) is 4.39 Å². The highest BCUT2D eigenvalue weighted by Crippen LogP contribution is 2.46. The highest BCUT2D eigenvalue weighted by atomic mass is 19.1. The molecule has 2 aromatic rings. The van der Waals surface area contributed by atoms with Gasteiger partial charge in [-0.3, -0.25) is 4.68 Å². The van der Waals surface area contributed by atoms with Crippen LogP contribution in [0.25, 0.3) is 11.3 Å². The number of rotatable bonds is 2. The Balaban J connectivity index is 2.27. The lowest BCUT2D eigenvalue weighted by atomic mass is 10.1. The molecule has 0 unspecified atom stereocenters. The smallest absolute Gasteiger partial charge is 0.231 e. The van der Waals surface area contributed by atoms with Crippen LogP contribution < -0.4 is 19.9 Å². The molecule has 0 atom stereocenters. The number of nitrogens with zero attached hydrogens (tertiary/aromatic N) is 2. The maximum absolute atomic E-state index is 14.4. The highest BCUT2D eigenvalue weighted by molar-refractivity contribution is 5.76. The topological polar surface area (TPSA) is 71.5 Å². The SMILES string of the molecule is COc1cc2c(c(-c3cc(N)n(C)n3)c1F)OCO2. The van der Waals surface area contributed by atoms with E-state index in [1.807, 2.05) is 0 Å². The quantitative estimate of drug-likeness (QED) is 0.891.